The second-order valence-corrected chi connectivity index (χ2v) is 21.0. The van der Waals surface area contributed by atoms with Crippen LogP contribution >= 0.6 is 0 Å². The van der Waals surface area contributed by atoms with Gasteiger partial charge in [-0.25, -0.2) is 15.0 Å². The lowest BCUT2D eigenvalue weighted by molar-refractivity contribution is 1.06. The second-order valence-electron chi connectivity index (χ2n) is 21.0. The van der Waals surface area contributed by atoms with Gasteiger partial charge in [0.1, 0.15) is 0 Å². The highest BCUT2D eigenvalue weighted by molar-refractivity contribution is 6.13. The molecule has 7 nitrogen and oxygen atoms in total. The van der Waals surface area contributed by atoms with E-state index in [1.54, 1.807) is 0 Å². The molecule has 0 radical (unpaired) electrons. The molecule has 3 heterocycles. The summed E-state index contributed by atoms with van der Waals surface area (Å²) in [5.41, 5.74) is 19.4. The minimum Gasteiger partial charge on any atom is -0.308 e. The molecule has 0 atom stereocenters. The molecule has 0 aliphatic rings. The van der Waals surface area contributed by atoms with Gasteiger partial charge in [-0.1, -0.05) is 200 Å². The Kier molecular flexibility index (Phi) is 12.2. The molecule has 0 amide bonds. The fraction of sp³-hybridized carbons (Fsp3) is 0. The van der Waals surface area contributed by atoms with Gasteiger partial charge in [0.25, 0.3) is 0 Å². The number of benzene rings is 12. The quantitative estimate of drug-likeness (QED) is 0.136. The van der Waals surface area contributed by atoms with E-state index < -0.39 is 0 Å². The van der Waals surface area contributed by atoms with Gasteiger partial charge >= 0.3 is 0 Å². The molecular weight excluding hydrogens is 1020 g/mol. The molecule has 390 valence electrons. The topological polar surface area (TPSA) is 96.1 Å². The molecule has 84 heavy (non-hydrogen) atoms. The summed E-state index contributed by atoms with van der Waals surface area (Å²) in [5.74, 6) is 1.33. The van der Waals surface area contributed by atoms with Crippen molar-refractivity contribution in [1.82, 2.24) is 24.1 Å². The van der Waals surface area contributed by atoms with E-state index in [1.807, 2.05) is 97.1 Å². The Morgan fingerprint density at radius 2 is 0.631 bits per heavy atom. The van der Waals surface area contributed by atoms with E-state index in [2.05, 4.69) is 209 Å². The molecule has 0 saturated carbocycles. The third-order valence-corrected chi connectivity index (χ3v) is 16.1. The van der Waals surface area contributed by atoms with Crippen molar-refractivity contribution < 1.29 is 0 Å². The summed E-state index contributed by atoms with van der Waals surface area (Å²) >= 11 is 0. The van der Waals surface area contributed by atoms with Gasteiger partial charge in [-0.2, -0.15) is 10.5 Å². The van der Waals surface area contributed by atoms with Gasteiger partial charge in [-0.05, 0) is 141 Å². The molecule has 0 saturated heterocycles. The maximum absolute atomic E-state index is 10.7. The molecule has 0 aliphatic carbocycles. The van der Waals surface area contributed by atoms with Crippen LogP contribution in [0.4, 0.5) is 0 Å². The summed E-state index contributed by atoms with van der Waals surface area (Å²) in [6.45, 7) is 0. The molecule has 0 unspecified atom stereocenters. The third-order valence-electron chi connectivity index (χ3n) is 16.1. The Balaban J connectivity index is 1.01. The zero-order chi connectivity index (χ0) is 56.1. The van der Waals surface area contributed by atoms with Crippen LogP contribution in [0.3, 0.4) is 0 Å². The average Bonchev–Trinajstić information content (AvgIpc) is 4.09. The first-order valence-electron chi connectivity index (χ1n) is 27.9. The molecule has 7 heteroatoms. The van der Waals surface area contributed by atoms with Gasteiger partial charge in [0, 0.05) is 38.2 Å². The molecule has 15 rings (SSSR count). The van der Waals surface area contributed by atoms with Crippen molar-refractivity contribution in [3.8, 4) is 113 Å². The summed E-state index contributed by atoms with van der Waals surface area (Å²) in [6.07, 6.45) is 0. The zero-order valence-electron chi connectivity index (χ0n) is 45.3. The SMILES string of the molecule is N#Cc1ccc(-c2nc(-c3ccccc3)nc(-c3cc(-c4ccccc4C#N)ccc3-n3c4ccc(-c5ccccc5)cc4c4cc(-c5ccccc5)ccc43)n2)c(-n2c3ccc(-c4ccccc4)cc3c3cc(-c4ccccc4)ccc32)c1. The van der Waals surface area contributed by atoms with Crippen LogP contribution in [0.5, 0.6) is 0 Å². The Bertz CT molecular complexity index is 4940. The van der Waals surface area contributed by atoms with Gasteiger partial charge in [0.2, 0.25) is 0 Å². The molecular formula is C77H47N7. The molecule has 0 fully saturated rings. The molecule has 12 aromatic carbocycles. The summed E-state index contributed by atoms with van der Waals surface area (Å²) in [4.78, 5) is 16.5. The first kappa shape index (κ1) is 49.3. The maximum Gasteiger partial charge on any atom is 0.166 e. The fourth-order valence-corrected chi connectivity index (χ4v) is 12.0. The van der Waals surface area contributed by atoms with Gasteiger partial charge in [0.05, 0.1) is 56.7 Å². The van der Waals surface area contributed by atoms with E-state index in [1.165, 1.54) is 0 Å². The van der Waals surface area contributed by atoms with Crippen LogP contribution in [-0.2, 0) is 0 Å². The predicted molar refractivity (Wildman–Crippen MR) is 341 cm³/mol. The van der Waals surface area contributed by atoms with Crippen LogP contribution < -0.4 is 0 Å². The summed E-state index contributed by atoms with van der Waals surface area (Å²) in [6, 6.07) is 103. The zero-order valence-corrected chi connectivity index (χ0v) is 45.3. The first-order valence-corrected chi connectivity index (χ1v) is 27.9. The number of nitrogens with zero attached hydrogens (tertiary/aromatic N) is 7. The van der Waals surface area contributed by atoms with Crippen LogP contribution in [0.1, 0.15) is 11.1 Å². The van der Waals surface area contributed by atoms with Crippen molar-refractivity contribution in [2.45, 2.75) is 0 Å². The maximum atomic E-state index is 10.7. The molecule has 0 aliphatic heterocycles. The fourth-order valence-electron chi connectivity index (χ4n) is 12.0. The lowest BCUT2D eigenvalue weighted by atomic mass is 9.97. The van der Waals surface area contributed by atoms with E-state index in [0.29, 0.717) is 34.2 Å². The lowest BCUT2D eigenvalue weighted by Gasteiger charge is -2.18. The number of nitriles is 2. The van der Waals surface area contributed by atoms with Gasteiger partial charge in [-0.3, -0.25) is 0 Å². The highest BCUT2D eigenvalue weighted by Crippen LogP contribution is 2.44. The molecule has 15 aromatic rings. The largest absolute Gasteiger partial charge is 0.308 e. The smallest absolute Gasteiger partial charge is 0.166 e. The first-order chi connectivity index (χ1) is 41.5. The van der Waals surface area contributed by atoms with Gasteiger partial charge in [-0.15, -0.1) is 0 Å². The second kappa shape index (κ2) is 20.7. The Morgan fingerprint density at radius 3 is 1.07 bits per heavy atom. The molecule has 0 bridgehead atoms. The van der Waals surface area contributed by atoms with E-state index in [9.17, 15) is 10.5 Å². The van der Waals surface area contributed by atoms with Crippen molar-refractivity contribution in [3.05, 3.63) is 296 Å². The number of fused-ring (bicyclic) bond motifs is 6. The number of aromatic nitrogens is 5. The van der Waals surface area contributed by atoms with Gasteiger partial charge in [0.15, 0.2) is 17.5 Å². The van der Waals surface area contributed by atoms with E-state index >= 15 is 0 Å². The normalized spacial score (nSPS) is 11.3. The standard InChI is InChI=1S/C77H47N7/c78-48-50-30-36-63(74(42-50)84-71-39-33-58(53-22-10-3-11-23-53)45-66(71)67-46-59(34-40-72(67)84)54-24-12-4-13-25-54)76-80-75(55-26-14-5-15-27-55)81-77(82-76)68-47-60(62-29-17-16-28-61(62)49-79)35-41-73(68)83-69-37-31-56(51-18-6-1-7-19-51)43-64(69)65-44-57(32-38-70(65)83)52-20-8-2-9-21-52/h1-47H. The van der Waals surface area contributed by atoms with Crippen molar-refractivity contribution in [1.29, 1.82) is 10.5 Å². The van der Waals surface area contributed by atoms with Crippen LogP contribution in [0.15, 0.2) is 285 Å². The van der Waals surface area contributed by atoms with Crippen molar-refractivity contribution in [2.24, 2.45) is 0 Å². The van der Waals surface area contributed by atoms with E-state index in [-0.39, 0.29) is 0 Å². The molecule has 0 spiro atoms. The van der Waals surface area contributed by atoms with Crippen LogP contribution in [-0.4, -0.2) is 24.1 Å². The van der Waals surface area contributed by atoms with Crippen molar-refractivity contribution >= 4 is 43.6 Å². The predicted octanol–water partition coefficient (Wildman–Crippen LogP) is 19.1. The van der Waals surface area contributed by atoms with Crippen molar-refractivity contribution in [3.63, 3.8) is 0 Å². The van der Waals surface area contributed by atoms with Crippen LogP contribution in [0, 0.1) is 22.7 Å². The minimum atomic E-state index is 0.422. The molecule has 3 aromatic heterocycles. The van der Waals surface area contributed by atoms with E-state index in [4.69, 9.17) is 15.0 Å². The number of rotatable bonds is 10. The molecule has 0 N–H and O–H groups in total. The van der Waals surface area contributed by atoms with Gasteiger partial charge < -0.3 is 9.13 Å². The van der Waals surface area contributed by atoms with Crippen LogP contribution in [0.25, 0.3) is 145 Å². The van der Waals surface area contributed by atoms with Crippen LogP contribution in [0.2, 0.25) is 0 Å². The Morgan fingerprint density at radius 1 is 0.250 bits per heavy atom. The minimum absolute atomic E-state index is 0.422. The van der Waals surface area contributed by atoms with E-state index in [0.717, 1.165) is 122 Å². The number of hydrogen-bond donors (Lipinski definition) is 0. The average molecular weight is 1070 g/mol. The highest BCUT2D eigenvalue weighted by atomic mass is 15.1. The Labute approximate surface area is 485 Å². The van der Waals surface area contributed by atoms with Crippen molar-refractivity contribution in [2.75, 3.05) is 0 Å². The monoisotopic (exact) mass is 1070 g/mol. The Hall–Kier alpha value is -11.8. The summed E-state index contributed by atoms with van der Waals surface area (Å²) in [7, 11) is 0. The third kappa shape index (κ3) is 8.65. The summed E-state index contributed by atoms with van der Waals surface area (Å²) in [5, 5.41) is 25.6. The number of hydrogen-bond acceptors (Lipinski definition) is 5. The lowest BCUT2D eigenvalue weighted by Crippen LogP contribution is -2.06. The summed E-state index contributed by atoms with van der Waals surface area (Å²) < 4.78 is 4.58. The highest BCUT2D eigenvalue weighted by Gasteiger charge is 2.25.